The van der Waals surface area contributed by atoms with Gasteiger partial charge in [0.15, 0.2) is 0 Å². The van der Waals surface area contributed by atoms with Crippen molar-refractivity contribution in [3.8, 4) is 33.6 Å². The van der Waals surface area contributed by atoms with E-state index in [9.17, 15) is 14.4 Å². The summed E-state index contributed by atoms with van der Waals surface area (Å²) in [5, 5.41) is 5.89. The summed E-state index contributed by atoms with van der Waals surface area (Å²) in [6, 6.07) is 23.6. The van der Waals surface area contributed by atoms with E-state index < -0.39 is 12.1 Å². The van der Waals surface area contributed by atoms with Crippen molar-refractivity contribution in [1.29, 1.82) is 0 Å². The molecular formula is C44H50N8O4. The lowest BCUT2D eigenvalue weighted by Gasteiger charge is -2.30. The van der Waals surface area contributed by atoms with Gasteiger partial charge in [0.2, 0.25) is 11.8 Å². The molecule has 290 valence electrons. The Morgan fingerprint density at radius 1 is 0.857 bits per heavy atom. The number of nitrogens with two attached hydrogens (primary N) is 1. The topological polar surface area (TPSA) is 171 Å². The minimum Gasteiger partial charge on any atom is -0.453 e. The largest absolute Gasteiger partial charge is 0.453 e. The third-order valence-electron chi connectivity index (χ3n) is 12.1. The summed E-state index contributed by atoms with van der Waals surface area (Å²) >= 11 is 0. The molecule has 6 N–H and O–H groups in total. The second-order valence-corrected chi connectivity index (χ2v) is 15.9. The van der Waals surface area contributed by atoms with Crippen LogP contribution in [0.1, 0.15) is 75.1 Å². The van der Waals surface area contributed by atoms with Gasteiger partial charge in [-0.3, -0.25) is 9.59 Å². The van der Waals surface area contributed by atoms with Crippen LogP contribution in [0.15, 0.2) is 85.2 Å². The van der Waals surface area contributed by atoms with Gasteiger partial charge in [0, 0.05) is 24.7 Å². The van der Waals surface area contributed by atoms with Crippen molar-refractivity contribution < 1.29 is 19.1 Å². The van der Waals surface area contributed by atoms with E-state index in [0.29, 0.717) is 30.6 Å². The summed E-state index contributed by atoms with van der Waals surface area (Å²) in [7, 11) is 1.30. The molecule has 3 aliphatic rings. The smallest absolute Gasteiger partial charge is 0.407 e. The summed E-state index contributed by atoms with van der Waals surface area (Å²) in [5.74, 6) is 2.35. The van der Waals surface area contributed by atoms with E-state index in [1.54, 1.807) is 0 Å². The van der Waals surface area contributed by atoms with Gasteiger partial charge >= 0.3 is 6.09 Å². The number of alkyl carbamates (subject to hydrolysis) is 1. The molecule has 12 heteroatoms. The van der Waals surface area contributed by atoms with E-state index >= 15 is 0 Å². The highest BCUT2D eigenvalue weighted by Gasteiger charge is 2.52. The first kappa shape index (κ1) is 37.0. The minimum absolute atomic E-state index is 0.0826. The van der Waals surface area contributed by atoms with Crippen molar-refractivity contribution in [2.45, 2.75) is 70.5 Å². The first-order chi connectivity index (χ1) is 27.2. The number of rotatable bonds is 11. The number of ether oxygens (including phenoxy) is 1. The molecule has 5 aromatic rings. The van der Waals surface area contributed by atoms with Crippen LogP contribution in [-0.4, -0.2) is 62.4 Å². The van der Waals surface area contributed by atoms with Gasteiger partial charge in [-0.05, 0) is 89.8 Å². The van der Waals surface area contributed by atoms with Crippen LogP contribution in [0.2, 0.25) is 0 Å². The van der Waals surface area contributed by atoms with Gasteiger partial charge in [0.05, 0.1) is 42.9 Å². The lowest BCUT2D eigenvalue weighted by molar-refractivity contribution is -0.135. The Balaban J connectivity index is 0.916. The zero-order chi connectivity index (χ0) is 38.9. The number of nitrogens with one attached hydrogen (secondary N) is 4. The number of aromatic amines is 2. The summed E-state index contributed by atoms with van der Waals surface area (Å²) in [5.41, 5.74) is 13.7. The van der Waals surface area contributed by atoms with Gasteiger partial charge in [0.25, 0.3) is 0 Å². The minimum atomic E-state index is -0.678. The number of hydrogen-bond acceptors (Lipinski definition) is 7. The fourth-order valence-electron chi connectivity index (χ4n) is 9.25. The van der Waals surface area contributed by atoms with Gasteiger partial charge in [-0.1, -0.05) is 74.5 Å². The van der Waals surface area contributed by atoms with E-state index in [4.69, 9.17) is 15.5 Å². The third kappa shape index (κ3) is 7.39. The van der Waals surface area contributed by atoms with Crippen LogP contribution in [0.25, 0.3) is 33.6 Å². The molecule has 2 aliphatic carbocycles. The monoisotopic (exact) mass is 754 g/mol. The van der Waals surface area contributed by atoms with Gasteiger partial charge in [0.1, 0.15) is 17.7 Å². The Labute approximate surface area is 327 Å². The number of carbonyl (C=O) groups excluding carboxylic acids is 3. The number of anilines is 1. The molecule has 3 unspecified atom stereocenters. The predicted molar refractivity (Wildman–Crippen MR) is 215 cm³/mol. The Morgan fingerprint density at radius 3 is 2.12 bits per heavy atom. The van der Waals surface area contributed by atoms with Crippen LogP contribution in [0.4, 0.5) is 10.5 Å². The van der Waals surface area contributed by atoms with Crippen LogP contribution >= 0.6 is 0 Å². The number of hydrogen-bond donors (Lipinski definition) is 5. The summed E-state index contributed by atoms with van der Waals surface area (Å²) in [6.45, 7) is 4.89. The average molecular weight is 755 g/mol. The second kappa shape index (κ2) is 15.7. The molecule has 2 aromatic heterocycles. The molecule has 0 radical (unpaired) electrons. The molecule has 56 heavy (non-hydrogen) atoms. The van der Waals surface area contributed by atoms with E-state index in [2.05, 4.69) is 74.1 Å². The molecule has 12 nitrogen and oxygen atoms in total. The zero-order valence-corrected chi connectivity index (χ0v) is 32.1. The van der Waals surface area contributed by atoms with Crippen molar-refractivity contribution in [2.24, 2.45) is 23.7 Å². The Morgan fingerprint density at radius 2 is 1.48 bits per heavy atom. The van der Waals surface area contributed by atoms with Crippen LogP contribution in [0, 0.1) is 23.7 Å². The molecule has 1 aliphatic heterocycles. The fraction of sp³-hybridized carbons (Fsp3) is 0.386. The number of methoxy groups -OCH3 is 1. The van der Waals surface area contributed by atoms with Crippen LogP contribution < -0.4 is 16.4 Å². The number of imidazole rings is 2. The first-order valence-electron chi connectivity index (χ1n) is 19.7. The Hall–Kier alpha value is -5.91. The second-order valence-electron chi connectivity index (χ2n) is 15.9. The van der Waals surface area contributed by atoms with E-state index in [-0.39, 0.29) is 35.6 Å². The molecule has 2 saturated carbocycles. The quantitative estimate of drug-likeness (QED) is 0.0888. The normalized spacial score (nSPS) is 22.0. The fourth-order valence-corrected chi connectivity index (χ4v) is 9.25. The highest BCUT2D eigenvalue weighted by Crippen LogP contribution is 2.56. The lowest BCUT2D eigenvalue weighted by Crippen LogP contribution is -2.51. The number of amides is 3. The molecule has 3 aromatic carbocycles. The SMILES string of the molecule is COC(=O)N[C@H](C(=O)N1CCC[C@H]1c1ncc(-c2ccc(-c3ccc(-c4cnc(C5C6CCC(C6)[C@@H]5C(=O)NCc5cccc(N)c5)[nH]4)cc3)cc2)[nH]1)C(C)C. The van der Waals surface area contributed by atoms with Crippen molar-refractivity contribution in [3.63, 3.8) is 0 Å². The molecule has 6 atom stereocenters. The molecule has 3 fully saturated rings. The van der Waals surface area contributed by atoms with Crippen LogP contribution in [-0.2, 0) is 20.9 Å². The molecule has 3 heterocycles. The molecule has 2 bridgehead atoms. The maximum Gasteiger partial charge on any atom is 0.407 e. The molecular weight excluding hydrogens is 705 g/mol. The van der Waals surface area contributed by atoms with Gasteiger partial charge in [-0.15, -0.1) is 0 Å². The highest BCUT2D eigenvalue weighted by atomic mass is 16.5. The number of benzene rings is 3. The zero-order valence-electron chi connectivity index (χ0n) is 32.1. The average Bonchev–Trinajstić information content (AvgIpc) is 4.07. The van der Waals surface area contributed by atoms with Crippen molar-refractivity contribution >= 4 is 23.6 Å². The highest BCUT2D eigenvalue weighted by molar-refractivity contribution is 5.86. The number of H-pyrrole nitrogens is 2. The molecule has 8 rings (SSSR count). The van der Waals surface area contributed by atoms with Crippen molar-refractivity contribution in [2.75, 3.05) is 19.4 Å². The molecule has 1 saturated heterocycles. The predicted octanol–water partition coefficient (Wildman–Crippen LogP) is 7.21. The first-order valence-corrected chi connectivity index (χ1v) is 19.7. The number of likely N-dealkylation sites (tertiary alicyclic amines) is 1. The Bertz CT molecular complexity index is 2190. The molecule has 0 spiro atoms. The number of fused-ring (bicyclic) bond motifs is 2. The lowest BCUT2D eigenvalue weighted by atomic mass is 9.78. The third-order valence-corrected chi connectivity index (χ3v) is 12.1. The van der Waals surface area contributed by atoms with E-state index in [1.807, 2.05) is 55.4 Å². The van der Waals surface area contributed by atoms with E-state index in [0.717, 1.165) is 83.0 Å². The standard InChI is InChI=1S/C44H50N8O4/c1-25(2)39(51-44(55)56-3)43(54)52-19-5-8-36(52)40-46-23-34(49-40)29-13-9-27(10-14-29)28-11-15-30(16-12-28)35-24-47-41(50-35)37-31-17-18-32(21-31)38(37)42(53)48-22-26-6-4-7-33(45)20-26/h4,6-7,9-16,20,23-25,31-32,36-39H,5,8,17-19,21-22,45H2,1-3H3,(H,46,49)(H,47,50)(H,48,53)(H,51,55)/t31?,32?,36-,37?,38-,39-/m0/s1. The van der Waals surface area contributed by atoms with Crippen LogP contribution in [0.3, 0.4) is 0 Å². The van der Waals surface area contributed by atoms with Gasteiger partial charge in [-0.2, -0.15) is 0 Å². The molecule has 3 amide bonds. The van der Waals surface area contributed by atoms with E-state index in [1.165, 1.54) is 7.11 Å². The Kier molecular flexibility index (Phi) is 10.4. The number of nitrogen functional groups attached to an aromatic ring is 1. The van der Waals surface area contributed by atoms with Crippen molar-refractivity contribution in [1.82, 2.24) is 35.5 Å². The maximum absolute atomic E-state index is 13.6. The number of aromatic nitrogens is 4. The van der Waals surface area contributed by atoms with Crippen LogP contribution in [0.5, 0.6) is 0 Å². The van der Waals surface area contributed by atoms with Gasteiger partial charge < -0.3 is 36.0 Å². The maximum atomic E-state index is 13.6. The summed E-state index contributed by atoms with van der Waals surface area (Å²) in [6.07, 6.45) is 8.05. The van der Waals surface area contributed by atoms with Gasteiger partial charge in [-0.25, -0.2) is 14.8 Å². The summed E-state index contributed by atoms with van der Waals surface area (Å²) < 4.78 is 4.76. The number of carbonyl (C=O) groups is 3. The van der Waals surface area contributed by atoms with Crippen molar-refractivity contribution in [3.05, 3.63) is 102 Å². The summed E-state index contributed by atoms with van der Waals surface area (Å²) in [4.78, 5) is 57.5. The number of nitrogens with zero attached hydrogens (tertiary/aromatic N) is 3.